The van der Waals surface area contributed by atoms with Crippen LogP contribution in [0.4, 0.5) is 5.82 Å². The molecule has 5 heteroatoms. The smallest absolute Gasteiger partial charge is 0.137 e. The zero-order valence-electron chi connectivity index (χ0n) is 10.8. The fourth-order valence-corrected chi connectivity index (χ4v) is 1.75. The number of nitrogens with one attached hydrogen (secondary N) is 1. The Hall–Kier alpha value is -1.39. The SMILES string of the molecule is CN(C)CCCNc1ncnc2ccccc12.Cl. The number of hydrogen-bond acceptors (Lipinski definition) is 4. The zero-order chi connectivity index (χ0) is 12.1. The summed E-state index contributed by atoms with van der Waals surface area (Å²) in [5.74, 6) is 0.925. The van der Waals surface area contributed by atoms with E-state index in [2.05, 4.69) is 34.3 Å². The number of nitrogens with zero attached hydrogens (tertiary/aromatic N) is 3. The van der Waals surface area contributed by atoms with Crippen LogP contribution < -0.4 is 5.32 Å². The van der Waals surface area contributed by atoms with Crippen molar-refractivity contribution in [2.24, 2.45) is 0 Å². The van der Waals surface area contributed by atoms with Crippen LogP contribution >= 0.6 is 12.4 Å². The lowest BCUT2D eigenvalue weighted by atomic mass is 10.2. The van der Waals surface area contributed by atoms with Gasteiger partial charge in [0, 0.05) is 11.9 Å². The molecule has 0 saturated heterocycles. The summed E-state index contributed by atoms with van der Waals surface area (Å²) >= 11 is 0. The molecule has 1 aromatic carbocycles. The van der Waals surface area contributed by atoms with Crippen molar-refractivity contribution in [2.45, 2.75) is 6.42 Å². The highest BCUT2D eigenvalue weighted by Crippen LogP contribution is 2.17. The molecule has 2 rings (SSSR count). The normalized spacial score (nSPS) is 10.4. The highest BCUT2D eigenvalue weighted by molar-refractivity contribution is 5.88. The van der Waals surface area contributed by atoms with Crippen LogP contribution in [0.2, 0.25) is 0 Å². The summed E-state index contributed by atoms with van der Waals surface area (Å²) in [6.07, 6.45) is 2.71. The van der Waals surface area contributed by atoms with Crippen molar-refractivity contribution in [3.63, 3.8) is 0 Å². The molecule has 4 nitrogen and oxygen atoms in total. The number of hydrogen-bond donors (Lipinski definition) is 1. The van der Waals surface area contributed by atoms with Crippen LogP contribution in [-0.2, 0) is 0 Å². The number of rotatable bonds is 5. The minimum atomic E-state index is 0. The number of aromatic nitrogens is 2. The van der Waals surface area contributed by atoms with Crippen molar-refractivity contribution in [1.82, 2.24) is 14.9 Å². The van der Waals surface area contributed by atoms with Gasteiger partial charge in [-0.05, 0) is 39.2 Å². The van der Waals surface area contributed by atoms with Gasteiger partial charge in [0.05, 0.1) is 5.52 Å². The highest BCUT2D eigenvalue weighted by Gasteiger charge is 2.01. The van der Waals surface area contributed by atoms with Crippen molar-refractivity contribution in [2.75, 3.05) is 32.5 Å². The summed E-state index contributed by atoms with van der Waals surface area (Å²) in [4.78, 5) is 10.7. The Bertz CT molecular complexity index is 482. The molecule has 0 bridgehead atoms. The van der Waals surface area contributed by atoms with E-state index in [1.165, 1.54) is 0 Å². The Morgan fingerprint density at radius 2 is 1.94 bits per heavy atom. The lowest BCUT2D eigenvalue weighted by Crippen LogP contribution is -2.16. The third-order valence-corrected chi connectivity index (χ3v) is 2.62. The topological polar surface area (TPSA) is 41.0 Å². The van der Waals surface area contributed by atoms with Crippen molar-refractivity contribution in [1.29, 1.82) is 0 Å². The molecular formula is C13H19ClN4. The van der Waals surface area contributed by atoms with Crippen LogP contribution in [0.25, 0.3) is 10.9 Å². The van der Waals surface area contributed by atoms with Crippen LogP contribution in [0.3, 0.4) is 0 Å². The fourth-order valence-electron chi connectivity index (χ4n) is 1.75. The maximum atomic E-state index is 4.29. The van der Waals surface area contributed by atoms with Crippen molar-refractivity contribution in [3.8, 4) is 0 Å². The molecule has 0 atom stereocenters. The second-order valence-electron chi connectivity index (χ2n) is 4.32. The Labute approximate surface area is 114 Å². The number of anilines is 1. The third kappa shape index (κ3) is 3.82. The molecule has 1 N–H and O–H groups in total. The Balaban J connectivity index is 0.00000162. The van der Waals surface area contributed by atoms with E-state index in [-0.39, 0.29) is 12.4 Å². The molecule has 0 aliphatic rings. The average molecular weight is 267 g/mol. The lowest BCUT2D eigenvalue weighted by Gasteiger charge is -2.11. The third-order valence-electron chi connectivity index (χ3n) is 2.62. The van der Waals surface area contributed by atoms with Gasteiger partial charge in [-0.2, -0.15) is 0 Å². The summed E-state index contributed by atoms with van der Waals surface area (Å²) in [7, 11) is 4.17. The van der Waals surface area contributed by atoms with Gasteiger partial charge in [-0.3, -0.25) is 0 Å². The molecule has 0 unspecified atom stereocenters. The summed E-state index contributed by atoms with van der Waals surface area (Å²) in [6.45, 7) is 2.01. The van der Waals surface area contributed by atoms with E-state index in [4.69, 9.17) is 0 Å². The van der Waals surface area contributed by atoms with Gasteiger partial charge in [-0.15, -0.1) is 12.4 Å². The summed E-state index contributed by atoms with van der Waals surface area (Å²) < 4.78 is 0. The molecule has 2 aromatic rings. The predicted molar refractivity (Wildman–Crippen MR) is 78.4 cm³/mol. The van der Waals surface area contributed by atoms with Gasteiger partial charge in [0.15, 0.2) is 0 Å². The quantitative estimate of drug-likeness (QED) is 0.844. The first-order valence-corrected chi connectivity index (χ1v) is 5.86. The van der Waals surface area contributed by atoms with E-state index in [0.29, 0.717) is 0 Å². The van der Waals surface area contributed by atoms with Crippen molar-refractivity contribution >= 4 is 29.1 Å². The molecule has 0 radical (unpaired) electrons. The van der Waals surface area contributed by atoms with Crippen LogP contribution in [-0.4, -0.2) is 42.1 Å². The molecule has 18 heavy (non-hydrogen) atoms. The Morgan fingerprint density at radius 1 is 1.17 bits per heavy atom. The largest absolute Gasteiger partial charge is 0.369 e. The van der Waals surface area contributed by atoms with Crippen LogP contribution in [0, 0.1) is 0 Å². The maximum absolute atomic E-state index is 4.29. The average Bonchev–Trinajstić information content (AvgIpc) is 2.34. The molecule has 0 amide bonds. The summed E-state index contributed by atoms with van der Waals surface area (Å²) in [6, 6.07) is 8.05. The van der Waals surface area contributed by atoms with Crippen LogP contribution in [0.1, 0.15) is 6.42 Å². The van der Waals surface area contributed by atoms with E-state index in [1.807, 2.05) is 24.3 Å². The second-order valence-corrected chi connectivity index (χ2v) is 4.32. The summed E-state index contributed by atoms with van der Waals surface area (Å²) in [5, 5.41) is 4.45. The lowest BCUT2D eigenvalue weighted by molar-refractivity contribution is 0.405. The Morgan fingerprint density at radius 3 is 2.72 bits per heavy atom. The van der Waals surface area contributed by atoms with Gasteiger partial charge in [-0.1, -0.05) is 12.1 Å². The van der Waals surface area contributed by atoms with Crippen LogP contribution in [0.15, 0.2) is 30.6 Å². The second kappa shape index (κ2) is 7.13. The van der Waals surface area contributed by atoms with E-state index >= 15 is 0 Å². The first kappa shape index (κ1) is 14.7. The van der Waals surface area contributed by atoms with Gasteiger partial charge < -0.3 is 10.2 Å². The minimum Gasteiger partial charge on any atom is -0.369 e. The monoisotopic (exact) mass is 266 g/mol. The molecule has 1 heterocycles. The molecule has 0 fully saturated rings. The summed E-state index contributed by atoms with van der Waals surface area (Å²) in [5.41, 5.74) is 0.984. The van der Waals surface area contributed by atoms with E-state index < -0.39 is 0 Å². The van der Waals surface area contributed by atoms with E-state index in [9.17, 15) is 0 Å². The van der Waals surface area contributed by atoms with Crippen molar-refractivity contribution < 1.29 is 0 Å². The standard InChI is InChI=1S/C13H18N4.ClH/c1-17(2)9-5-8-14-13-11-6-3-4-7-12(11)15-10-16-13;/h3-4,6-7,10H,5,8-9H2,1-2H3,(H,14,15,16);1H. The minimum absolute atomic E-state index is 0. The molecule has 0 aliphatic carbocycles. The van der Waals surface area contributed by atoms with E-state index in [1.54, 1.807) is 6.33 Å². The van der Waals surface area contributed by atoms with E-state index in [0.717, 1.165) is 36.2 Å². The van der Waals surface area contributed by atoms with Crippen molar-refractivity contribution in [3.05, 3.63) is 30.6 Å². The van der Waals surface area contributed by atoms with Crippen LogP contribution in [0.5, 0.6) is 0 Å². The van der Waals surface area contributed by atoms with Gasteiger partial charge in [0.1, 0.15) is 12.1 Å². The molecule has 0 spiro atoms. The number of halogens is 1. The predicted octanol–water partition coefficient (Wildman–Crippen LogP) is 2.42. The molecule has 0 aliphatic heterocycles. The first-order chi connectivity index (χ1) is 8.27. The number of para-hydroxylation sites is 1. The Kier molecular flexibility index (Phi) is 5.82. The molecule has 0 saturated carbocycles. The highest BCUT2D eigenvalue weighted by atomic mass is 35.5. The number of fused-ring (bicyclic) bond motifs is 1. The fraction of sp³-hybridized carbons (Fsp3) is 0.385. The van der Waals surface area contributed by atoms with Gasteiger partial charge >= 0.3 is 0 Å². The molecule has 1 aromatic heterocycles. The molecular weight excluding hydrogens is 248 g/mol. The molecule has 98 valence electrons. The first-order valence-electron chi connectivity index (χ1n) is 5.86. The van der Waals surface area contributed by atoms with Gasteiger partial charge in [0.25, 0.3) is 0 Å². The number of benzene rings is 1. The maximum Gasteiger partial charge on any atom is 0.137 e. The van der Waals surface area contributed by atoms with Gasteiger partial charge in [0.2, 0.25) is 0 Å². The van der Waals surface area contributed by atoms with Gasteiger partial charge in [-0.25, -0.2) is 9.97 Å². The zero-order valence-corrected chi connectivity index (χ0v) is 11.6.